The van der Waals surface area contributed by atoms with Crippen LogP contribution in [0.4, 0.5) is 5.82 Å². The second kappa shape index (κ2) is 7.31. The standard InChI is InChI=1S/C20H27N5O2/c1-3-25-10-4-5-15(12-25)21-18-20(27)24(2)19(23-22-18)16-9-8-14(11-17(16)26)13-6-7-13/h8-9,11,13,15,26H,3-7,10,12H2,1-2H3,(H,21,22)/t15-/m1/s1. The molecule has 0 bridgehead atoms. The van der Waals surface area contributed by atoms with E-state index in [0.29, 0.717) is 17.3 Å². The van der Waals surface area contributed by atoms with Crippen molar-refractivity contribution in [3.8, 4) is 17.1 Å². The van der Waals surface area contributed by atoms with Gasteiger partial charge in [-0.05, 0) is 62.4 Å². The molecule has 1 aliphatic carbocycles. The summed E-state index contributed by atoms with van der Waals surface area (Å²) in [7, 11) is 1.67. The van der Waals surface area contributed by atoms with Gasteiger partial charge in [0.2, 0.25) is 5.82 Å². The van der Waals surface area contributed by atoms with Gasteiger partial charge >= 0.3 is 0 Å². The van der Waals surface area contributed by atoms with Crippen molar-refractivity contribution in [2.45, 2.75) is 44.6 Å². The summed E-state index contributed by atoms with van der Waals surface area (Å²) in [5, 5.41) is 22.1. The van der Waals surface area contributed by atoms with Crippen molar-refractivity contribution in [2.75, 3.05) is 25.0 Å². The third-order valence-electron chi connectivity index (χ3n) is 5.67. The van der Waals surface area contributed by atoms with E-state index in [2.05, 4.69) is 27.3 Å². The summed E-state index contributed by atoms with van der Waals surface area (Å²) < 4.78 is 1.46. The molecule has 2 N–H and O–H groups in total. The van der Waals surface area contributed by atoms with Crippen molar-refractivity contribution >= 4 is 5.82 Å². The largest absolute Gasteiger partial charge is 0.507 e. The van der Waals surface area contributed by atoms with Gasteiger partial charge in [-0.15, -0.1) is 10.2 Å². The fraction of sp³-hybridized carbons (Fsp3) is 0.550. The highest BCUT2D eigenvalue weighted by atomic mass is 16.3. The van der Waals surface area contributed by atoms with Crippen LogP contribution in [0.25, 0.3) is 11.4 Å². The smallest absolute Gasteiger partial charge is 0.296 e. The molecule has 7 heteroatoms. The van der Waals surface area contributed by atoms with Crippen LogP contribution in [-0.2, 0) is 7.05 Å². The molecule has 0 radical (unpaired) electrons. The molecule has 7 nitrogen and oxygen atoms in total. The van der Waals surface area contributed by atoms with Crippen LogP contribution in [0.15, 0.2) is 23.0 Å². The number of piperidine rings is 1. The molecule has 1 atom stereocenters. The molecule has 0 spiro atoms. The number of rotatable bonds is 5. The van der Waals surface area contributed by atoms with E-state index in [9.17, 15) is 9.90 Å². The monoisotopic (exact) mass is 369 g/mol. The third kappa shape index (κ3) is 3.69. The second-order valence-corrected chi connectivity index (χ2v) is 7.66. The molecule has 1 aromatic heterocycles. The van der Waals surface area contributed by atoms with E-state index in [0.717, 1.165) is 38.0 Å². The van der Waals surface area contributed by atoms with Gasteiger partial charge in [0.05, 0.1) is 5.56 Å². The van der Waals surface area contributed by atoms with Gasteiger partial charge < -0.3 is 15.3 Å². The molecule has 1 aromatic carbocycles. The fourth-order valence-corrected chi connectivity index (χ4v) is 3.85. The Labute approximate surface area is 159 Å². The van der Waals surface area contributed by atoms with Gasteiger partial charge in [0.1, 0.15) is 5.75 Å². The quantitative estimate of drug-likeness (QED) is 0.842. The van der Waals surface area contributed by atoms with Crippen molar-refractivity contribution in [2.24, 2.45) is 7.05 Å². The van der Waals surface area contributed by atoms with Crippen LogP contribution in [0.5, 0.6) is 5.75 Å². The van der Waals surface area contributed by atoms with Crippen LogP contribution in [0.2, 0.25) is 0 Å². The van der Waals surface area contributed by atoms with Crippen LogP contribution in [0.3, 0.4) is 0 Å². The van der Waals surface area contributed by atoms with Gasteiger partial charge in [0.25, 0.3) is 5.56 Å². The zero-order valence-corrected chi connectivity index (χ0v) is 16.0. The van der Waals surface area contributed by atoms with Crippen molar-refractivity contribution in [3.05, 3.63) is 34.1 Å². The van der Waals surface area contributed by atoms with Crippen molar-refractivity contribution in [3.63, 3.8) is 0 Å². The number of benzene rings is 1. The average molecular weight is 369 g/mol. The van der Waals surface area contributed by atoms with Crippen LogP contribution >= 0.6 is 0 Å². The summed E-state index contributed by atoms with van der Waals surface area (Å²) in [6, 6.07) is 5.83. The zero-order valence-electron chi connectivity index (χ0n) is 16.0. The maximum absolute atomic E-state index is 12.8. The Bertz CT molecular complexity index is 890. The molecule has 1 saturated carbocycles. The van der Waals surface area contributed by atoms with Gasteiger partial charge in [-0.2, -0.15) is 0 Å². The summed E-state index contributed by atoms with van der Waals surface area (Å²) >= 11 is 0. The summed E-state index contributed by atoms with van der Waals surface area (Å²) in [5.41, 5.74) is 1.46. The predicted octanol–water partition coefficient (Wildman–Crippen LogP) is 2.32. The maximum atomic E-state index is 12.8. The van der Waals surface area contributed by atoms with Crippen molar-refractivity contribution in [1.29, 1.82) is 0 Å². The first-order valence-electron chi connectivity index (χ1n) is 9.82. The van der Waals surface area contributed by atoms with Crippen LogP contribution in [0.1, 0.15) is 44.1 Å². The molecule has 1 saturated heterocycles. The SMILES string of the molecule is CCN1CCC[C@@H](Nc2nnc(-c3ccc(C4CC4)cc3O)n(C)c2=O)C1. The molecule has 1 aliphatic heterocycles. The predicted molar refractivity (Wildman–Crippen MR) is 105 cm³/mol. The Morgan fingerprint density at radius 3 is 2.78 bits per heavy atom. The Kier molecular flexibility index (Phi) is 4.86. The maximum Gasteiger partial charge on any atom is 0.296 e. The number of hydrogen-bond donors (Lipinski definition) is 2. The number of aromatic nitrogens is 3. The van der Waals surface area contributed by atoms with Crippen LogP contribution in [0, 0.1) is 0 Å². The lowest BCUT2D eigenvalue weighted by molar-refractivity contribution is 0.226. The van der Waals surface area contributed by atoms with Crippen molar-refractivity contribution in [1.82, 2.24) is 19.7 Å². The number of likely N-dealkylation sites (tertiary alicyclic amines) is 1. The molecule has 2 heterocycles. The fourth-order valence-electron chi connectivity index (χ4n) is 3.85. The van der Waals surface area contributed by atoms with Crippen LogP contribution in [-0.4, -0.2) is 50.4 Å². The van der Waals surface area contributed by atoms with E-state index < -0.39 is 0 Å². The lowest BCUT2D eigenvalue weighted by atomic mass is 10.1. The van der Waals surface area contributed by atoms with Gasteiger partial charge in [-0.1, -0.05) is 13.0 Å². The van der Waals surface area contributed by atoms with Gasteiger partial charge in [-0.25, -0.2) is 0 Å². The van der Waals surface area contributed by atoms with E-state index in [1.165, 1.54) is 17.4 Å². The third-order valence-corrected chi connectivity index (χ3v) is 5.67. The topological polar surface area (TPSA) is 83.3 Å². The molecule has 0 amide bonds. The second-order valence-electron chi connectivity index (χ2n) is 7.66. The summed E-state index contributed by atoms with van der Waals surface area (Å²) in [6.07, 6.45) is 4.48. The van der Waals surface area contributed by atoms with Crippen LogP contribution < -0.4 is 10.9 Å². The number of aromatic hydroxyl groups is 1. The van der Waals surface area contributed by atoms with Gasteiger partial charge in [0.15, 0.2) is 5.82 Å². The minimum absolute atomic E-state index is 0.148. The Hall–Kier alpha value is -2.41. The molecular weight excluding hydrogens is 342 g/mol. The average Bonchev–Trinajstić information content (AvgIpc) is 3.52. The number of anilines is 1. The van der Waals surface area contributed by atoms with E-state index >= 15 is 0 Å². The highest BCUT2D eigenvalue weighted by Gasteiger charge is 2.25. The Balaban J connectivity index is 1.58. The number of nitrogens with zero attached hydrogens (tertiary/aromatic N) is 4. The summed E-state index contributed by atoms with van der Waals surface area (Å²) in [4.78, 5) is 15.2. The molecule has 144 valence electrons. The van der Waals surface area contributed by atoms with E-state index in [-0.39, 0.29) is 23.2 Å². The first kappa shape index (κ1) is 18.0. The zero-order chi connectivity index (χ0) is 19.0. The first-order chi connectivity index (χ1) is 13.1. The number of likely N-dealkylation sites (N-methyl/N-ethyl adjacent to an activating group) is 1. The Morgan fingerprint density at radius 1 is 1.26 bits per heavy atom. The lowest BCUT2D eigenvalue weighted by Gasteiger charge is -2.32. The van der Waals surface area contributed by atoms with E-state index in [1.807, 2.05) is 12.1 Å². The molecular formula is C20H27N5O2. The molecule has 27 heavy (non-hydrogen) atoms. The molecule has 2 fully saturated rings. The van der Waals surface area contributed by atoms with E-state index in [1.54, 1.807) is 13.1 Å². The normalized spacial score (nSPS) is 20.6. The van der Waals surface area contributed by atoms with Gasteiger partial charge in [-0.3, -0.25) is 9.36 Å². The number of nitrogens with one attached hydrogen (secondary N) is 1. The molecule has 2 aliphatic rings. The number of phenolic OH excluding ortho intramolecular Hbond substituents is 1. The van der Waals surface area contributed by atoms with Crippen molar-refractivity contribution < 1.29 is 5.11 Å². The first-order valence-corrected chi connectivity index (χ1v) is 9.82. The summed E-state index contributed by atoms with van der Waals surface area (Å²) in [6.45, 7) is 5.17. The summed E-state index contributed by atoms with van der Waals surface area (Å²) in [5.74, 6) is 1.36. The number of phenols is 1. The molecule has 0 unspecified atom stereocenters. The highest BCUT2D eigenvalue weighted by Crippen LogP contribution is 2.42. The highest BCUT2D eigenvalue weighted by molar-refractivity contribution is 5.65. The minimum atomic E-state index is -0.223. The Morgan fingerprint density at radius 2 is 2.07 bits per heavy atom. The lowest BCUT2D eigenvalue weighted by Crippen LogP contribution is -2.43. The van der Waals surface area contributed by atoms with E-state index in [4.69, 9.17) is 0 Å². The number of hydrogen-bond acceptors (Lipinski definition) is 6. The molecule has 4 rings (SSSR count). The van der Waals surface area contributed by atoms with Gasteiger partial charge in [0, 0.05) is 19.6 Å². The molecule has 2 aromatic rings. The minimum Gasteiger partial charge on any atom is -0.507 e.